The van der Waals surface area contributed by atoms with Gasteiger partial charge >= 0.3 is 0 Å². The molecule has 0 aliphatic heterocycles. The predicted octanol–water partition coefficient (Wildman–Crippen LogP) is 5.66. The fraction of sp³-hybridized carbons (Fsp3) is 0.286. The summed E-state index contributed by atoms with van der Waals surface area (Å²) in [4.78, 5) is 37.1. The van der Waals surface area contributed by atoms with Crippen LogP contribution in [0.5, 0.6) is 0 Å². The zero-order chi connectivity index (χ0) is 20.8. The molecule has 0 saturated heterocycles. The van der Waals surface area contributed by atoms with Gasteiger partial charge in [-0.05, 0) is 78.7 Å². The Kier molecular flexibility index (Phi) is 8.00. The van der Waals surface area contributed by atoms with Gasteiger partial charge in [-0.1, -0.05) is 0 Å². The van der Waals surface area contributed by atoms with E-state index in [-0.39, 0.29) is 29.9 Å². The predicted molar refractivity (Wildman–Crippen MR) is 117 cm³/mol. The molecule has 0 aliphatic carbocycles. The third kappa shape index (κ3) is 5.32. The molecule has 0 spiro atoms. The fourth-order valence-corrected chi connectivity index (χ4v) is 5.15. The van der Waals surface area contributed by atoms with Crippen LogP contribution in [0.15, 0.2) is 34.3 Å². The number of carbonyl (C=O) groups is 3. The van der Waals surface area contributed by atoms with Crippen molar-refractivity contribution in [2.75, 3.05) is 6.61 Å². The maximum atomic E-state index is 11.7. The SMILES string of the molecule is CC(=O)c1cc(C(c2csc(C(C)=O)c2)c2csc(C(C)=O)c2)cs1.CCO. The Balaban J connectivity index is 0.000000878. The standard InChI is InChI=1S/C19H16O3S3.C2H6O/c1-10(20)16-4-13(7-23-16)19(14-5-17(11(2)21)24-8-14)15-6-18(12(3)22)25-9-15;1-2-3/h4-9,19H,1-3H3;3H,2H2,1H3. The number of hydrogen-bond acceptors (Lipinski definition) is 7. The Morgan fingerprint density at radius 3 is 1.18 bits per heavy atom. The van der Waals surface area contributed by atoms with Crippen LogP contribution in [0.3, 0.4) is 0 Å². The lowest BCUT2D eigenvalue weighted by atomic mass is 9.89. The summed E-state index contributed by atoms with van der Waals surface area (Å²) in [6.07, 6.45) is 0. The Bertz CT molecular complexity index is 853. The van der Waals surface area contributed by atoms with E-state index in [9.17, 15) is 14.4 Å². The lowest BCUT2D eigenvalue weighted by molar-refractivity contribution is 0.101. The highest BCUT2D eigenvalue weighted by atomic mass is 32.1. The first-order chi connectivity index (χ1) is 13.3. The maximum Gasteiger partial charge on any atom is 0.169 e. The molecular formula is C21H22O4S3. The van der Waals surface area contributed by atoms with Crippen molar-refractivity contribution in [1.82, 2.24) is 0 Å². The normalized spacial score (nSPS) is 10.5. The molecule has 0 bridgehead atoms. The highest BCUT2D eigenvalue weighted by molar-refractivity contribution is 7.13. The summed E-state index contributed by atoms with van der Waals surface area (Å²) in [5, 5.41) is 13.5. The summed E-state index contributed by atoms with van der Waals surface area (Å²) in [6.45, 7) is 6.60. The number of aliphatic hydroxyl groups is 1. The molecule has 0 unspecified atom stereocenters. The molecule has 0 radical (unpaired) electrons. The average molecular weight is 435 g/mol. The van der Waals surface area contributed by atoms with E-state index >= 15 is 0 Å². The molecule has 0 amide bonds. The first-order valence-corrected chi connectivity index (χ1v) is 11.3. The smallest absolute Gasteiger partial charge is 0.169 e. The topological polar surface area (TPSA) is 71.4 Å². The third-order valence-corrected chi connectivity index (χ3v) is 7.05. The van der Waals surface area contributed by atoms with Gasteiger partial charge in [-0.25, -0.2) is 0 Å². The van der Waals surface area contributed by atoms with Gasteiger partial charge in [0.1, 0.15) is 0 Å². The van der Waals surface area contributed by atoms with Crippen molar-refractivity contribution in [3.05, 3.63) is 65.7 Å². The molecule has 0 atom stereocenters. The van der Waals surface area contributed by atoms with Crippen molar-refractivity contribution in [3.8, 4) is 0 Å². The summed E-state index contributed by atoms with van der Waals surface area (Å²) in [6, 6.07) is 5.73. The monoisotopic (exact) mass is 434 g/mol. The van der Waals surface area contributed by atoms with E-state index in [1.165, 1.54) is 34.0 Å². The molecule has 148 valence electrons. The van der Waals surface area contributed by atoms with Gasteiger partial charge in [0, 0.05) is 12.5 Å². The van der Waals surface area contributed by atoms with Gasteiger partial charge < -0.3 is 5.11 Å². The molecule has 3 aromatic rings. The number of thiophene rings is 3. The molecule has 1 N–H and O–H groups in total. The number of hydrogen-bond donors (Lipinski definition) is 1. The molecule has 7 heteroatoms. The van der Waals surface area contributed by atoms with Crippen LogP contribution in [0.2, 0.25) is 0 Å². The Morgan fingerprint density at radius 2 is 1.00 bits per heavy atom. The van der Waals surface area contributed by atoms with Crippen molar-refractivity contribution in [2.24, 2.45) is 0 Å². The van der Waals surface area contributed by atoms with Crippen LogP contribution < -0.4 is 0 Å². The highest BCUT2D eigenvalue weighted by Gasteiger charge is 2.23. The molecule has 0 fully saturated rings. The van der Waals surface area contributed by atoms with E-state index < -0.39 is 0 Å². The summed E-state index contributed by atoms with van der Waals surface area (Å²) in [7, 11) is 0. The fourth-order valence-electron chi connectivity index (χ4n) is 2.64. The Hall–Kier alpha value is -1.93. The minimum Gasteiger partial charge on any atom is -0.397 e. The van der Waals surface area contributed by atoms with Crippen molar-refractivity contribution < 1.29 is 19.5 Å². The lowest BCUT2D eigenvalue weighted by Gasteiger charge is -2.13. The molecule has 3 aromatic heterocycles. The number of carbonyl (C=O) groups excluding carboxylic acids is 3. The zero-order valence-corrected chi connectivity index (χ0v) is 18.6. The second-order valence-electron chi connectivity index (χ2n) is 6.15. The molecule has 4 nitrogen and oxygen atoms in total. The van der Waals surface area contributed by atoms with E-state index in [1.54, 1.807) is 27.7 Å². The lowest BCUT2D eigenvalue weighted by Crippen LogP contribution is -2.00. The summed E-state index contributed by atoms with van der Waals surface area (Å²) < 4.78 is 0. The van der Waals surface area contributed by atoms with Crippen molar-refractivity contribution in [3.63, 3.8) is 0 Å². The summed E-state index contributed by atoms with van der Waals surface area (Å²) >= 11 is 4.27. The first kappa shape index (κ1) is 22.4. The van der Waals surface area contributed by atoms with E-state index in [1.807, 2.05) is 34.3 Å². The van der Waals surface area contributed by atoms with Crippen LogP contribution in [0.1, 0.15) is 79.3 Å². The largest absolute Gasteiger partial charge is 0.397 e. The van der Waals surface area contributed by atoms with E-state index in [0.717, 1.165) is 16.7 Å². The molecule has 3 rings (SSSR count). The molecular weight excluding hydrogens is 412 g/mol. The first-order valence-electron chi connectivity index (χ1n) is 8.67. The van der Waals surface area contributed by atoms with Gasteiger partial charge in [0.05, 0.1) is 14.6 Å². The summed E-state index contributed by atoms with van der Waals surface area (Å²) in [5.74, 6) is 0.0384. The maximum absolute atomic E-state index is 11.7. The average Bonchev–Trinajstić information content (AvgIpc) is 3.37. The molecule has 0 aliphatic rings. The van der Waals surface area contributed by atoms with Crippen LogP contribution >= 0.6 is 34.0 Å². The van der Waals surface area contributed by atoms with E-state index in [4.69, 9.17) is 5.11 Å². The van der Waals surface area contributed by atoms with Crippen molar-refractivity contribution in [2.45, 2.75) is 33.6 Å². The van der Waals surface area contributed by atoms with Crippen molar-refractivity contribution in [1.29, 1.82) is 0 Å². The van der Waals surface area contributed by atoms with Crippen molar-refractivity contribution >= 4 is 51.4 Å². The Morgan fingerprint density at radius 1 is 0.750 bits per heavy atom. The number of Topliss-reactive ketones (excluding diaryl/α,β-unsaturated/α-hetero) is 3. The number of aliphatic hydroxyl groups excluding tert-OH is 1. The minimum absolute atomic E-state index is 0.0412. The van der Waals surface area contributed by atoms with E-state index in [0.29, 0.717) is 14.6 Å². The minimum atomic E-state index is -0.0851. The second kappa shape index (κ2) is 10.0. The van der Waals surface area contributed by atoms with Crippen LogP contribution in [0.4, 0.5) is 0 Å². The van der Waals surface area contributed by atoms with Gasteiger partial charge in [0.15, 0.2) is 17.3 Å². The van der Waals surface area contributed by atoms with Crippen LogP contribution in [-0.2, 0) is 0 Å². The number of ketones is 3. The number of rotatable bonds is 6. The molecule has 3 heterocycles. The molecule has 0 saturated carbocycles. The highest BCUT2D eigenvalue weighted by Crippen LogP contribution is 2.38. The second-order valence-corrected chi connectivity index (χ2v) is 8.88. The molecule has 28 heavy (non-hydrogen) atoms. The summed E-state index contributed by atoms with van der Waals surface area (Å²) in [5.41, 5.74) is 3.03. The zero-order valence-electron chi connectivity index (χ0n) is 16.1. The van der Waals surface area contributed by atoms with Crippen LogP contribution in [0, 0.1) is 0 Å². The van der Waals surface area contributed by atoms with Crippen LogP contribution in [-0.4, -0.2) is 29.1 Å². The molecule has 0 aromatic carbocycles. The third-order valence-electron chi connectivity index (χ3n) is 3.90. The van der Waals surface area contributed by atoms with Crippen LogP contribution in [0.25, 0.3) is 0 Å². The quantitative estimate of drug-likeness (QED) is 0.508. The van der Waals surface area contributed by atoms with Gasteiger partial charge in [0.25, 0.3) is 0 Å². The Labute approximate surface area is 176 Å². The van der Waals surface area contributed by atoms with Gasteiger partial charge in [0.2, 0.25) is 0 Å². The van der Waals surface area contributed by atoms with Gasteiger partial charge in [-0.2, -0.15) is 0 Å². The van der Waals surface area contributed by atoms with E-state index in [2.05, 4.69) is 0 Å². The van der Waals surface area contributed by atoms with Gasteiger partial charge in [-0.3, -0.25) is 14.4 Å². The van der Waals surface area contributed by atoms with Gasteiger partial charge in [-0.15, -0.1) is 34.0 Å².